The summed E-state index contributed by atoms with van der Waals surface area (Å²) in [6, 6.07) is 29.8. The van der Waals surface area contributed by atoms with Gasteiger partial charge < -0.3 is 4.42 Å². The highest BCUT2D eigenvalue weighted by Gasteiger charge is 2.06. The molecule has 1 nitrogen and oxygen atoms in total. The lowest BCUT2D eigenvalue weighted by atomic mass is 9.94. The van der Waals surface area contributed by atoms with Gasteiger partial charge in [0.2, 0.25) is 0 Å². The minimum absolute atomic E-state index is 0.966. The molecule has 0 atom stereocenters. The number of furan rings is 1. The minimum atomic E-state index is 0.966. The van der Waals surface area contributed by atoms with Crippen LogP contribution in [-0.2, 0) is 6.42 Å². The van der Waals surface area contributed by atoms with Crippen molar-refractivity contribution in [2.45, 2.75) is 34.1 Å². The van der Waals surface area contributed by atoms with Gasteiger partial charge in [-0.25, -0.2) is 0 Å². The van der Waals surface area contributed by atoms with Crippen LogP contribution in [0.5, 0.6) is 0 Å². The van der Waals surface area contributed by atoms with Gasteiger partial charge in [-0.1, -0.05) is 79.2 Å². The maximum Gasteiger partial charge on any atom is 0.135 e. The van der Waals surface area contributed by atoms with E-state index in [0.29, 0.717) is 0 Å². The molecule has 5 rings (SSSR count). The lowest BCUT2D eigenvalue weighted by molar-refractivity contribution is 0.669. The van der Waals surface area contributed by atoms with Gasteiger partial charge in [-0.15, -0.1) is 0 Å². The summed E-state index contributed by atoms with van der Waals surface area (Å²) in [7, 11) is 0. The maximum atomic E-state index is 5.71. The fourth-order valence-corrected chi connectivity index (χ4v) is 3.89. The molecule has 1 heterocycles. The monoisotopic (exact) mass is 392 g/mol. The molecule has 0 radical (unpaired) electrons. The molecule has 0 unspecified atom stereocenters. The molecule has 5 aromatic rings. The highest BCUT2D eigenvalue weighted by atomic mass is 16.3. The van der Waals surface area contributed by atoms with E-state index in [1.807, 2.05) is 24.3 Å². The van der Waals surface area contributed by atoms with Gasteiger partial charge in [0.1, 0.15) is 11.2 Å². The predicted octanol–water partition coefficient (Wildman–Crippen LogP) is 8.43. The van der Waals surface area contributed by atoms with Crippen LogP contribution in [0.3, 0.4) is 0 Å². The van der Waals surface area contributed by atoms with Crippen LogP contribution in [0.4, 0.5) is 0 Å². The van der Waals surface area contributed by atoms with E-state index in [1.54, 1.807) is 0 Å². The molecule has 0 aliphatic carbocycles. The van der Waals surface area contributed by atoms with E-state index < -0.39 is 0 Å². The molecule has 0 fully saturated rings. The van der Waals surface area contributed by atoms with Gasteiger partial charge in [-0.2, -0.15) is 0 Å². The van der Waals surface area contributed by atoms with Crippen LogP contribution in [0, 0.1) is 20.8 Å². The Labute approximate surface area is 179 Å². The Balaban J connectivity index is 0.000000146. The number of aryl methyl sites for hydroxylation is 4. The van der Waals surface area contributed by atoms with Crippen LogP contribution in [0.1, 0.15) is 29.2 Å². The first-order chi connectivity index (χ1) is 14.6. The summed E-state index contributed by atoms with van der Waals surface area (Å²) in [6.45, 7) is 8.65. The van der Waals surface area contributed by atoms with Crippen LogP contribution in [-0.4, -0.2) is 0 Å². The van der Waals surface area contributed by atoms with Crippen LogP contribution >= 0.6 is 0 Å². The van der Waals surface area contributed by atoms with Crippen molar-refractivity contribution >= 4 is 21.9 Å². The lowest BCUT2D eigenvalue weighted by Crippen LogP contribution is -1.89. The van der Waals surface area contributed by atoms with Crippen LogP contribution in [0.2, 0.25) is 0 Å². The van der Waals surface area contributed by atoms with Crippen molar-refractivity contribution in [1.29, 1.82) is 0 Å². The van der Waals surface area contributed by atoms with E-state index in [0.717, 1.165) is 17.6 Å². The second-order valence-electron chi connectivity index (χ2n) is 7.92. The zero-order valence-electron chi connectivity index (χ0n) is 18.2. The molecule has 0 aliphatic heterocycles. The first-order valence-corrected chi connectivity index (χ1v) is 10.6. The molecule has 150 valence electrons. The molecule has 0 bridgehead atoms. The third kappa shape index (κ3) is 4.02. The van der Waals surface area contributed by atoms with Gasteiger partial charge in [0.05, 0.1) is 0 Å². The number of hydrogen-bond acceptors (Lipinski definition) is 1. The van der Waals surface area contributed by atoms with E-state index in [2.05, 4.69) is 88.4 Å². The SMILES string of the molecule is CCc1ccc(C)c(-c2ccccc2C)c1.Cc1ccc2oc3ccccc3c2c1. The minimum Gasteiger partial charge on any atom is -0.456 e. The van der Waals surface area contributed by atoms with Crippen LogP contribution in [0.15, 0.2) is 89.3 Å². The van der Waals surface area contributed by atoms with Gasteiger partial charge >= 0.3 is 0 Å². The van der Waals surface area contributed by atoms with E-state index in [-0.39, 0.29) is 0 Å². The second kappa shape index (κ2) is 8.59. The molecule has 0 amide bonds. The molecule has 0 N–H and O–H groups in total. The number of hydrogen-bond donors (Lipinski definition) is 0. The van der Waals surface area contributed by atoms with E-state index in [1.165, 1.54) is 44.2 Å². The number of rotatable bonds is 2. The molecule has 0 aliphatic rings. The molecule has 1 heteroatoms. The molecular weight excluding hydrogens is 364 g/mol. The molecule has 0 saturated carbocycles. The maximum absolute atomic E-state index is 5.71. The average Bonchev–Trinajstić information content (AvgIpc) is 3.13. The first-order valence-electron chi connectivity index (χ1n) is 10.6. The van der Waals surface area contributed by atoms with Crippen LogP contribution in [0.25, 0.3) is 33.1 Å². The number of benzene rings is 4. The quantitative estimate of drug-likeness (QED) is 0.294. The van der Waals surface area contributed by atoms with Crippen molar-refractivity contribution in [3.05, 3.63) is 107 Å². The third-order valence-electron chi connectivity index (χ3n) is 5.68. The van der Waals surface area contributed by atoms with Crippen LogP contribution < -0.4 is 0 Å². The Bertz CT molecular complexity index is 1310. The summed E-state index contributed by atoms with van der Waals surface area (Å²) in [4.78, 5) is 0. The standard InChI is InChI=1S/C16H18.C13H10O/c1-4-14-10-9-13(3)16(11-14)15-8-6-5-7-12(15)2;1-9-6-7-13-11(8-9)10-4-2-3-5-12(10)14-13/h5-11H,4H2,1-3H3;2-8H,1H3. The van der Waals surface area contributed by atoms with E-state index >= 15 is 0 Å². The van der Waals surface area contributed by atoms with Crippen molar-refractivity contribution in [3.8, 4) is 11.1 Å². The summed E-state index contributed by atoms with van der Waals surface area (Å²) in [5.41, 5.74) is 10.0. The number of para-hydroxylation sites is 1. The molecule has 0 saturated heterocycles. The van der Waals surface area contributed by atoms with E-state index in [4.69, 9.17) is 4.42 Å². The Morgan fingerprint density at radius 3 is 2.10 bits per heavy atom. The molecule has 1 aromatic heterocycles. The first kappa shape index (κ1) is 20.0. The van der Waals surface area contributed by atoms with Gasteiger partial charge in [0.25, 0.3) is 0 Å². The van der Waals surface area contributed by atoms with Gasteiger partial charge in [0, 0.05) is 10.8 Å². The summed E-state index contributed by atoms with van der Waals surface area (Å²) in [5, 5.41) is 2.41. The Kier molecular flexibility index (Phi) is 5.72. The van der Waals surface area contributed by atoms with Crippen molar-refractivity contribution in [3.63, 3.8) is 0 Å². The molecular formula is C29H28O. The highest BCUT2D eigenvalue weighted by molar-refractivity contribution is 6.04. The van der Waals surface area contributed by atoms with E-state index in [9.17, 15) is 0 Å². The van der Waals surface area contributed by atoms with Gasteiger partial charge in [-0.05, 0) is 73.2 Å². The smallest absolute Gasteiger partial charge is 0.135 e. The summed E-state index contributed by atoms with van der Waals surface area (Å²) in [5.74, 6) is 0. The third-order valence-corrected chi connectivity index (χ3v) is 5.68. The van der Waals surface area contributed by atoms with Crippen molar-refractivity contribution in [2.75, 3.05) is 0 Å². The second-order valence-corrected chi connectivity index (χ2v) is 7.92. The molecule has 4 aromatic carbocycles. The Morgan fingerprint density at radius 2 is 1.30 bits per heavy atom. The van der Waals surface area contributed by atoms with Gasteiger partial charge in [0.15, 0.2) is 0 Å². The summed E-state index contributed by atoms with van der Waals surface area (Å²) in [6.07, 6.45) is 1.10. The molecule has 30 heavy (non-hydrogen) atoms. The average molecular weight is 393 g/mol. The zero-order chi connectivity index (χ0) is 21.1. The molecule has 0 spiro atoms. The van der Waals surface area contributed by atoms with Crippen molar-refractivity contribution in [1.82, 2.24) is 0 Å². The lowest BCUT2D eigenvalue weighted by Gasteiger charge is -2.10. The fraction of sp³-hybridized carbons (Fsp3) is 0.172. The predicted molar refractivity (Wildman–Crippen MR) is 129 cm³/mol. The number of fused-ring (bicyclic) bond motifs is 3. The van der Waals surface area contributed by atoms with Gasteiger partial charge in [-0.3, -0.25) is 0 Å². The highest BCUT2D eigenvalue weighted by Crippen LogP contribution is 2.29. The largest absolute Gasteiger partial charge is 0.456 e. The van der Waals surface area contributed by atoms with Crippen molar-refractivity contribution in [2.24, 2.45) is 0 Å². The summed E-state index contributed by atoms with van der Waals surface area (Å²) < 4.78 is 5.71. The van der Waals surface area contributed by atoms with Crippen molar-refractivity contribution < 1.29 is 4.42 Å². The Morgan fingerprint density at radius 1 is 0.600 bits per heavy atom. The fourth-order valence-electron chi connectivity index (χ4n) is 3.89. The normalized spacial score (nSPS) is 10.8. The topological polar surface area (TPSA) is 13.1 Å². The zero-order valence-corrected chi connectivity index (χ0v) is 18.2. The Hall–Kier alpha value is -3.32. The summed E-state index contributed by atoms with van der Waals surface area (Å²) >= 11 is 0.